The normalized spacial score (nSPS) is 26.0. The molecule has 15 heavy (non-hydrogen) atoms. The zero-order chi connectivity index (χ0) is 10.7. The van der Waals surface area contributed by atoms with Crippen molar-refractivity contribution in [3.63, 3.8) is 0 Å². The lowest BCUT2D eigenvalue weighted by Crippen LogP contribution is -2.36. The summed E-state index contributed by atoms with van der Waals surface area (Å²) in [5, 5.41) is 17.1. The maximum absolute atomic E-state index is 9.62. The number of aliphatic hydroxyl groups excluding tert-OH is 1. The van der Waals surface area contributed by atoms with Crippen molar-refractivity contribution in [2.75, 3.05) is 6.54 Å². The van der Waals surface area contributed by atoms with Crippen LogP contribution in [0.25, 0.3) is 0 Å². The highest BCUT2D eigenvalue weighted by Crippen LogP contribution is 2.18. The molecule has 0 saturated heterocycles. The van der Waals surface area contributed by atoms with E-state index in [0.717, 1.165) is 32.2 Å². The second-order valence-electron chi connectivity index (χ2n) is 4.26. The first-order valence-electron chi connectivity index (χ1n) is 5.65. The average molecular weight is 209 g/mol. The lowest BCUT2D eigenvalue weighted by molar-refractivity contribution is 0.149. The molecule has 1 aromatic heterocycles. The molecule has 2 N–H and O–H groups in total. The third-order valence-corrected chi connectivity index (χ3v) is 3.19. The molecule has 4 nitrogen and oxygen atoms in total. The first kappa shape index (κ1) is 10.6. The van der Waals surface area contributed by atoms with E-state index < -0.39 is 0 Å². The van der Waals surface area contributed by atoms with Crippen molar-refractivity contribution in [3.8, 4) is 0 Å². The van der Waals surface area contributed by atoms with Gasteiger partial charge in [-0.25, -0.2) is 0 Å². The van der Waals surface area contributed by atoms with Gasteiger partial charge in [0.15, 0.2) is 0 Å². The second kappa shape index (κ2) is 4.77. The smallest absolute Gasteiger partial charge is 0.0693 e. The highest BCUT2D eigenvalue weighted by Gasteiger charge is 2.24. The van der Waals surface area contributed by atoms with Gasteiger partial charge in [-0.05, 0) is 25.3 Å². The van der Waals surface area contributed by atoms with Crippen molar-refractivity contribution in [2.24, 2.45) is 7.05 Å². The Morgan fingerprint density at radius 2 is 2.47 bits per heavy atom. The Labute approximate surface area is 90.3 Å². The zero-order valence-corrected chi connectivity index (χ0v) is 9.19. The van der Waals surface area contributed by atoms with Crippen molar-refractivity contribution < 1.29 is 5.11 Å². The molecule has 0 aromatic carbocycles. The molecule has 1 aliphatic carbocycles. The molecule has 0 bridgehead atoms. The van der Waals surface area contributed by atoms with Gasteiger partial charge < -0.3 is 10.4 Å². The Kier molecular flexibility index (Phi) is 3.38. The SMILES string of the molecule is Cn1nccc1CCN[C@H]1CCC[C@@H]1O. The Bertz CT molecular complexity index is 311. The Morgan fingerprint density at radius 1 is 1.60 bits per heavy atom. The molecule has 0 radical (unpaired) electrons. The van der Waals surface area contributed by atoms with Crippen LogP contribution in [0, 0.1) is 0 Å². The van der Waals surface area contributed by atoms with Crippen LogP contribution in [0.15, 0.2) is 12.3 Å². The highest BCUT2D eigenvalue weighted by atomic mass is 16.3. The maximum atomic E-state index is 9.62. The van der Waals surface area contributed by atoms with Crippen molar-refractivity contribution in [1.82, 2.24) is 15.1 Å². The van der Waals surface area contributed by atoms with E-state index >= 15 is 0 Å². The van der Waals surface area contributed by atoms with Gasteiger partial charge in [0.25, 0.3) is 0 Å². The molecule has 0 unspecified atom stereocenters. The van der Waals surface area contributed by atoms with Crippen LogP contribution in [0.2, 0.25) is 0 Å². The molecule has 1 saturated carbocycles. The van der Waals surface area contributed by atoms with Gasteiger partial charge in [-0.2, -0.15) is 5.10 Å². The van der Waals surface area contributed by atoms with Crippen LogP contribution in [0.3, 0.4) is 0 Å². The van der Waals surface area contributed by atoms with E-state index in [1.807, 2.05) is 24.0 Å². The molecular weight excluding hydrogens is 190 g/mol. The van der Waals surface area contributed by atoms with Gasteiger partial charge in [-0.3, -0.25) is 4.68 Å². The standard InChI is InChI=1S/C11H19N3O/c1-14-9(6-8-13-14)5-7-12-10-3-2-4-11(10)15/h6,8,10-12,15H,2-5,7H2,1H3/t10-,11-/m0/s1. The van der Waals surface area contributed by atoms with E-state index in [-0.39, 0.29) is 6.10 Å². The van der Waals surface area contributed by atoms with E-state index in [2.05, 4.69) is 10.4 Å². The van der Waals surface area contributed by atoms with Crippen LogP contribution in [0.4, 0.5) is 0 Å². The van der Waals surface area contributed by atoms with Crippen LogP contribution >= 0.6 is 0 Å². The summed E-state index contributed by atoms with van der Waals surface area (Å²) in [5.74, 6) is 0. The van der Waals surface area contributed by atoms with E-state index in [4.69, 9.17) is 0 Å². The monoisotopic (exact) mass is 209 g/mol. The molecule has 2 atom stereocenters. The van der Waals surface area contributed by atoms with Crippen LogP contribution in [0.5, 0.6) is 0 Å². The van der Waals surface area contributed by atoms with Crippen LogP contribution in [-0.4, -0.2) is 33.6 Å². The van der Waals surface area contributed by atoms with E-state index in [0.29, 0.717) is 6.04 Å². The largest absolute Gasteiger partial charge is 0.392 e. The fourth-order valence-corrected chi connectivity index (χ4v) is 2.21. The Morgan fingerprint density at radius 3 is 3.07 bits per heavy atom. The summed E-state index contributed by atoms with van der Waals surface area (Å²) in [6, 6.07) is 2.34. The highest BCUT2D eigenvalue weighted by molar-refractivity contribution is 5.00. The van der Waals surface area contributed by atoms with Gasteiger partial charge in [0, 0.05) is 37.9 Å². The number of aryl methyl sites for hydroxylation is 1. The molecular formula is C11H19N3O. The van der Waals surface area contributed by atoms with Crippen LogP contribution < -0.4 is 5.32 Å². The quantitative estimate of drug-likeness (QED) is 0.757. The van der Waals surface area contributed by atoms with Crippen molar-refractivity contribution in [2.45, 2.75) is 37.8 Å². The van der Waals surface area contributed by atoms with Gasteiger partial charge in [0.05, 0.1) is 6.10 Å². The number of hydrogen-bond acceptors (Lipinski definition) is 3. The molecule has 0 spiro atoms. The first-order chi connectivity index (χ1) is 7.27. The minimum absolute atomic E-state index is 0.142. The van der Waals surface area contributed by atoms with Gasteiger partial charge in [0.1, 0.15) is 0 Å². The van der Waals surface area contributed by atoms with Gasteiger partial charge in [0.2, 0.25) is 0 Å². The third-order valence-electron chi connectivity index (χ3n) is 3.19. The van der Waals surface area contributed by atoms with E-state index in [9.17, 15) is 5.11 Å². The molecule has 1 heterocycles. The summed E-state index contributed by atoms with van der Waals surface area (Å²) in [7, 11) is 1.96. The number of rotatable bonds is 4. The number of nitrogens with zero attached hydrogens (tertiary/aromatic N) is 2. The summed E-state index contributed by atoms with van der Waals surface area (Å²) >= 11 is 0. The van der Waals surface area contributed by atoms with Gasteiger partial charge in [-0.1, -0.05) is 0 Å². The predicted molar refractivity (Wildman–Crippen MR) is 58.6 cm³/mol. The fraction of sp³-hybridized carbons (Fsp3) is 0.727. The molecule has 0 amide bonds. The van der Waals surface area contributed by atoms with Crippen molar-refractivity contribution in [1.29, 1.82) is 0 Å². The predicted octanol–water partition coefficient (Wildman–Crippen LogP) is 0.466. The summed E-state index contributed by atoms with van der Waals surface area (Å²) < 4.78 is 1.90. The molecule has 1 aromatic rings. The van der Waals surface area contributed by atoms with Crippen LogP contribution in [-0.2, 0) is 13.5 Å². The maximum Gasteiger partial charge on any atom is 0.0693 e. The van der Waals surface area contributed by atoms with E-state index in [1.165, 1.54) is 5.69 Å². The summed E-state index contributed by atoms with van der Waals surface area (Å²) in [5.41, 5.74) is 1.23. The third kappa shape index (κ3) is 2.58. The topological polar surface area (TPSA) is 50.1 Å². The summed E-state index contributed by atoms with van der Waals surface area (Å²) in [6.07, 6.45) is 5.84. The molecule has 2 rings (SSSR count). The molecule has 0 aliphatic heterocycles. The Hall–Kier alpha value is -0.870. The molecule has 4 heteroatoms. The lowest BCUT2D eigenvalue weighted by atomic mass is 10.2. The lowest BCUT2D eigenvalue weighted by Gasteiger charge is -2.16. The number of aromatic nitrogens is 2. The number of aliphatic hydroxyl groups is 1. The van der Waals surface area contributed by atoms with Gasteiger partial charge >= 0.3 is 0 Å². The summed E-state index contributed by atoms with van der Waals surface area (Å²) in [6.45, 7) is 0.918. The molecule has 1 aliphatic rings. The van der Waals surface area contributed by atoms with Gasteiger partial charge in [-0.15, -0.1) is 0 Å². The first-order valence-corrected chi connectivity index (χ1v) is 5.65. The van der Waals surface area contributed by atoms with Crippen molar-refractivity contribution >= 4 is 0 Å². The number of nitrogens with one attached hydrogen (secondary N) is 1. The average Bonchev–Trinajstić information content (AvgIpc) is 2.78. The van der Waals surface area contributed by atoms with E-state index in [1.54, 1.807) is 0 Å². The summed E-state index contributed by atoms with van der Waals surface area (Å²) in [4.78, 5) is 0. The second-order valence-corrected chi connectivity index (χ2v) is 4.26. The number of hydrogen-bond donors (Lipinski definition) is 2. The minimum Gasteiger partial charge on any atom is -0.392 e. The Balaban J connectivity index is 1.73. The van der Waals surface area contributed by atoms with Crippen LogP contribution in [0.1, 0.15) is 25.0 Å². The zero-order valence-electron chi connectivity index (χ0n) is 9.19. The minimum atomic E-state index is -0.142. The van der Waals surface area contributed by atoms with Crippen molar-refractivity contribution in [3.05, 3.63) is 18.0 Å². The molecule has 1 fully saturated rings. The fourth-order valence-electron chi connectivity index (χ4n) is 2.21. The molecule has 84 valence electrons.